The summed E-state index contributed by atoms with van der Waals surface area (Å²) in [5.41, 5.74) is 1.12. The van der Waals surface area contributed by atoms with E-state index in [1.165, 1.54) is 4.88 Å². The maximum Gasteiger partial charge on any atom is 0.191 e. The van der Waals surface area contributed by atoms with Crippen LogP contribution in [-0.4, -0.2) is 49.1 Å². The maximum atomic E-state index is 4.52. The molecule has 1 aromatic heterocycles. The first-order valence-corrected chi connectivity index (χ1v) is 8.02. The Morgan fingerprint density at radius 3 is 2.38 bits per heavy atom. The molecule has 5 nitrogen and oxygen atoms in total. The first kappa shape index (κ1) is 20.6. The third-order valence-electron chi connectivity index (χ3n) is 3.32. The average Bonchev–Trinajstić information content (AvgIpc) is 2.77. The fourth-order valence-electron chi connectivity index (χ4n) is 1.87. The molecule has 0 bridgehead atoms. The van der Waals surface area contributed by atoms with Crippen LogP contribution in [0.3, 0.4) is 0 Å². The van der Waals surface area contributed by atoms with Gasteiger partial charge in [0.15, 0.2) is 5.96 Å². The van der Waals surface area contributed by atoms with Crippen LogP contribution in [0.2, 0.25) is 0 Å². The van der Waals surface area contributed by atoms with Crippen LogP contribution in [0.15, 0.2) is 4.99 Å². The highest BCUT2D eigenvalue weighted by atomic mass is 127. The lowest BCUT2D eigenvalue weighted by Gasteiger charge is -2.19. The number of rotatable bonds is 7. The predicted octanol–water partition coefficient (Wildman–Crippen LogP) is 2.38. The summed E-state index contributed by atoms with van der Waals surface area (Å²) >= 11 is 1.74. The van der Waals surface area contributed by atoms with Crippen molar-refractivity contribution in [1.82, 2.24) is 20.5 Å². The van der Waals surface area contributed by atoms with E-state index in [1.807, 2.05) is 6.92 Å². The fourth-order valence-corrected chi connectivity index (χ4v) is 2.74. The van der Waals surface area contributed by atoms with Crippen molar-refractivity contribution >= 4 is 41.3 Å². The second-order valence-corrected chi connectivity index (χ2v) is 5.92. The van der Waals surface area contributed by atoms with Crippen molar-refractivity contribution in [3.8, 4) is 0 Å². The van der Waals surface area contributed by atoms with Gasteiger partial charge in [-0.25, -0.2) is 4.98 Å². The van der Waals surface area contributed by atoms with Gasteiger partial charge in [-0.15, -0.1) is 35.3 Å². The van der Waals surface area contributed by atoms with E-state index in [0.29, 0.717) is 0 Å². The standard InChI is InChI=1S/C14H27N5S.HI/c1-6-19(7-2)9-8-16-14(15-5)17-10-13-18-11(3)12(4)20-13;/h6-10H2,1-5H3,(H2,15,16,17);1H. The Balaban J connectivity index is 0.00000400. The SMILES string of the molecule is CCN(CC)CCNC(=NC)NCc1nc(C)c(C)s1.I. The van der Waals surface area contributed by atoms with E-state index in [1.54, 1.807) is 18.4 Å². The summed E-state index contributed by atoms with van der Waals surface area (Å²) in [4.78, 5) is 12.4. The van der Waals surface area contributed by atoms with E-state index in [4.69, 9.17) is 0 Å². The molecule has 0 aliphatic heterocycles. The largest absolute Gasteiger partial charge is 0.355 e. The molecule has 122 valence electrons. The highest BCUT2D eigenvalue weighted by molar-refractivity contribution is 14.0. The van der Waals surface area contributed by atoms with Gasteiger partial charge in [-0.3, -0.25) is 4.99 Å². The summed E-state index contributed by atoms with van der Waals surface area (Å²) in [6.07, 6.45) is 0. The smallest absolute Gasteiger partial charge is 0.191 e. The van der Waals surface area contributed by atoms with Crippen molar-refractivity contribution in [3.63, 3.8) is 0 Å². The Labute approximate surface area is 149 Å². The molecule has 1 aromatic rings. The zero-order valence-electron chi connectivity index (χ0n) is 13.7. The molecule has 0 aliphatic rings. The summed E-state index contributed by atoms with van der Waals surface area (Å²) in [6.45, 7) is 13.3. The van der Waals surface area contributed by atoms with Crippen LogP contribution in [0.25, 0.3) is 0 Å². The summed E-state index contributed by atoms with van der Waals surface area (Å²) < 4.78 is 0. The van der Waals surface area contributed by atoms with Gasteiger partial charge in [0, 0.05) is 25.0 Å². The third kappa shape index (κ3) is 7.42. The van der Waals surface area contributed by atoms with Crippen molar-refractivity contribution in [3.05, 3.63) is 15.6 Å². The van der Waals surface area contributed by atoms with E-state index in [2.05, 4.69) is 46.3 Å². The van der Waals surface area contributed by atoms with Gasteiger partial charge in [-0.2, -0.15) is 0 Å². The molecule has 0 saturated carbocycles. The first-order valence-electron chi connectivity index (χ1n) is 7.20. The lowest BCUT2D eigenvalue weighted by Crippen LogP contribution is -2.41. The third-order valence-corrected chi connectivity index (χ3v) is 4.39. The minimum atomic E-state index is 0. The van der Waals surface area contributed by atoms with Crippen molar-refractivity contribution in [2.24, 2.45) is 4.99 Å². The summed E-state index contributed by atoms with van der Waals surface area (Å²) in [5.74, 6) is 0.836. The van der Waals surface area contributed by atoms with Crippen molar-refractivity contribution in [1.29, 1.82) is 0 Å². The zero-order valence-corrected chi connectivity index (χ0v) is 16.8. The second-order valence-electron chi connectivity index (χ2n) is 4.63. The molecule has 0 saturated heterocycles. The van der Waals surface area contributed by atoms with E-state index < -0.39 is 0 Å². The number of aryl methyl sites for hydroxylation is 2. The molecule has 21 heavy (non-hydrogen) atoms. The molecule has 0 radical (unpaired) electrons. The number of likely N-dealkylation sites (N-methyl/N-ethyl adjacent to an activating group) is 1. The predicted molar refractivity (Wildman–Crippen MR) is 103 cm³/mol. The van der Waals surface area contributed by atoms with Gasteiger partial charge in [-0.05, 0) is 26.9 Å². The van der Waals surface area contributed by atoms with Crippen molar-refractivity contribution in [2.45, 2.75) is 34.2 Å². The van der Waals surface area contributed by atoms with Crippen LogP contribution in [-0.2, 0) is 6.54 Å². The zero-order chi connectivity index (χ0) is 15.0. The molecule has 0 unspecified atom stereocenters. The number of halogens is 1. The molecule has 0 amide bonds. The van der Waals surface area contributed by atoms with Gasteiger partial charge >= 0.3 is 0 Å². The Morgan fingerprint density at radius 1 is 1.24 bits per heavy atom. The van der Waals surface area contributed by atoms with Crippen LogP contribution >= 0.6 is 35.3 Å². The molecule has 0 aromatic carbocycles. The average molecular weight is 425 g/mol. The lowest BCUT2D eigenvalue weighted by atomic mass is 10.4. The van der Waals surface area contributed by atoms with Crippen LogP contribution in [0.4, 0.5) is 0 Å². The minimum absolute atomic E-state index is 0. The number of hydrogen-bond donors (Lipinski definition) is 2. The molecule has 0 atom stereocenters. The van der Waals surface area contributed by atoms with Crippen LogP contribution in [0, 0.1) is 13.8 Å². The van der Waals surface area contributed by atoms with Gasteiger partial charge in [0.1, 0.15) is 5.01 Å². The summed E-state index contributed by atoms with van der Waals surface area (Å²) in [6, 6.07) is 0. The van der Waals surface area contributed by atoms with E-state index in [0.717, 1.165) is 49.4 Å². The van der Waals surface area contributed by atoms with Crippen molar-refractivity contribution < 1.29 is 0 Å². The maximum absolute atomic E-state index is 4.52. The molecule has 0 fully saturated rings. The quantitative estimate of drug-likeness (QED) is 0.400. The molecular formula is C14H28IN5S. The molecule has 0 spiro atoms. The molecule has 0 aliphatic carbocycles. The fraction of sp³-hybridized carbons (Fsp3) is 0.714. The number of aliphatic imine (C=N–C) groups is 1. The van der Waals surface area contributed by atoms with Crippen LogP contribution in [0.5, 0.6) is 0 Å². The first-order chi connectivity index (χ1) is 9.60. The Kier molecular flexibility index (Phi) is 11.0. The normalized spacial score (nSPS) is 11.4. The topological polar surface area (TPSA) is 52.5 Å². The van der Waals surface area contributed by atoms with E-state index >= 15 is 0 Å². The summed E-state index contributed by atoms with van der Waals surface area (Å²) in [5, 5.41) is 7.74. The molecular weight excluding hydrogens is 397 g/mol. The highest BCUT2D eigenvalue weighted by Gasteiger charge is 2.05. The molecule has 2 N–H and O–H groups in total. The monoisotopic (exact) mass is 425 g/mol. The van der Waals surface area contributed by atoms with E-state index in [9.17, 15) is 0 Å². The summed E-state index contributed by atoms with van der Waals surface area (Å²) in [7, 11) is 1.80. The number of thiazole rings is 1. The Morgan fingerprint density at radius 2 is 1.90 bits per heavy atom. The second kappa shape index (κ2) is 11.2. The van der Waals surface area contributed by atoms with Gasteiger partial charge in [0.25, 0.3) is 0 Å². The van der Waals surface area contributed by atoms with Gasteiger partial charge in [0.05, 0.1) is 12.2 Å². The number of nitrogens with zero attached hydrogens (tertiary/aromatic N) is 3. The molecule has 7 heteroatoms. The van der Waals surface area contributed by atoms with Crippen molar-refractivity contribution in [2.75, 3.05) is 33.2 Å². The Bertz CT molecular complexity index is 409. The lowest BCUT2D eigenvalue weighted by molar-refractivity contribution is 0.308. The number of hydrogen-bond acceptors (Lipinski definition) is 4. The highest BCUT2D eigenvalue weighted by Crippen LogP contribution is 2.15. The van der Waals surface area contributed by atoms with Crippen LogP contribution in [0.1, 0.15) is 29.4 Å². The van der Waals surface area contributed by atoms with Crippen LogP contribution < -0.4 is 10.6 Å². The van der Waals surface area contributed by atoms with E-state index in [-0.39, 0.29) is 24.0 Å². The van der Waals surface area contributed by atoms with Gasteiger partial charge < -0.3 is 15.5 Å². The minimum Gasteiger partial charge on any atom is -0.355 e. The Hall–Kier alpha value is -0.410. The number of aromatic nitrogens is 1. The number of guanidine groups is 1. The van der Waals surface area contributed by atoms with Gasteiger partial charge in [-0.1, -0.05) is 13.8 Å². The van der Waals surface area contributed by atoms with Gasteiger partial charge in [0.2, 0.25) is 0 Å². The molecule has 1 rings (SSSR count). The molecule has 1 heterocycles. The number of nitrogens with one attached hydrogen (secondary N) is 2.